The average molecular weight is 298 g/mol. The lowest BCUT2D eigenvalue weighted by Crippen LogP contribution is -2.21. The van der Waals surface area contributed by atoms with Crippen LogP contribution in [0.1, 0.15) is 39.5 Å². The van der Waals surface area contributed by atoms with Gasteiger partial charge in [-0.3, -0.25) is 9.59 Å². The minimum absolute atomic E-state index is 0.0142. The zero-order valence-electron chi connectivity index (χ0n) is 13.3. The van der Waals surface area contributed by atoms with Gasteiger partial charge in [0.15, 0.2) is 0 Å². The van der Waals surface area contributed by atoms with Gasteiger partial charge in [-0.25, -0.2) is 0 Å². The summed E-state index contributed by atoms with van der Waals surface area (Å²) in [5.74, 6) is -0.669. The first kappa shape index (κ1) is 19.4. The average Bonchev–Trinajstić information content (AvgIpc) is 2.48. The van der Waals surface area contributed by atoms with Crippen LogP contribution < -0.4 is 0 Å². The molecule has 0 radical (unpaired) electrons. The first-order valence-electron chi connectivity index (χ1n) is 7.03. The van der Waals surface area contributed by atoms with Crippen molar-refractivity contribution in [1.29, 1.82) is 0 Å². The van der Waals surface area contributed by atoms with Crippen LogP contribution in [0.3, 0.4) is 0 Å². The molecular formula is C16H26O5. The van der Waals surface area contributed by atoms with Crippen molar-refractivity contribution >= 4 is 11.9 Å². The molecule has 0 saturated heterocycles. The van der Waals surface area contributed by atoms with Crippen LogP contribution in [0.25, 0.3) is 0 Å². The molecule has 0 aromatic carbocycles. The number of hydrogen-bond acceptors (Lipinski definition) is 5. The second-order valence-electron chi connectivity index (χ2n) is 5.07. The second kappa shape index (κ2) is 11.1. The maximum atomic E-state index is 11.1. The molecule has 2 atom stereocenters. The molecule has 0 aromatic rings. The van der Waals surface area contributed by atoms with Crippen LogP contribution in [0.2, 0.25) is 0 Å². The van der Waals surface area contributed by atoms with E-state index in [2.05, 4.69) is 9.47 Å². The third kappa shape index (κ3) is 9.85. The molecule has 5 heteroatoms. The second-order valence-corrected chi connectivity index (χ2v) is 5.07. The monoisotopic (exact) mass is 298 g/mol. The number of methoxy groups -OCH3 is 2. The van der Waals surface area contributed by atoms with Crippen molar-refractivity contribution in [3.05, 3.63) is 23.8 Å². The summed E-state index contributed by atoms with van der Waals surface area (Å²) >= 11 is 0. The summed E-state index contributed by atoms with van der Waals surface area (Å²) in [6.07, 6.45) is 6.84. The first-order valence-corrected chi connectivity index (χ1v) is 7.03. The van der Waals surface area contributed by atoms with E-state index in [-0.39, 0.29) is 24.7 Å². The van der Waals surface area contributed by atoms with E-state index in [4.69, 9.17) is 0 Å². The van der Waals surface area contributed by atoms with Crippen LogP contribution in [0.5, 0.6) is 0 Å². The van der Waals surface area contributed by atoms with Crippen LogP contribution in [0.15, 0.2) is 23.8 Å². The van der Waals surface area contributed by atoms with Gasteiger partial charge in [0, 0.05) is 0 Å². The van der Waals surface area contributed by atoms with Gasteiger partial charge in [-0.05, 0) is 25.7 Å². The van der Waals surface area contributed by atoms with Crippen LogP contribution in [-0.4, -0.2) is 37.4 Å². The number of carbonyl (C=O) groups is 2. The smallest absolute Gasteiger partial charge is 0.309 e. The van der Waals surface area contributed by atoms with Crippen molar-refractivity contribution in [3.8, 4) is 0 Å². The lowest BCUT2D eigenvalue weighted by molar-refractivity contribution is -0.143. The lowest BCUT2D eigenvalue weighted by Gasteiger charge is -2.15. The van der Waals surface area contributed by atoms with Crippen molar-refractivity contribution in [1.82, 2.24) is 0 Å². The Kier molecular flexibility index (Phi) is 10.2. The molecule has 120 valence electrons. The van der Waals surface area contributed by atoms with Gasteiger partial charge in [0.2, 0.25) is 0 Å². The standard InChI is InChI=1S/C16H26O5/c1-12(9-10-15(18)20-3)7-5-6-8-13(2)14(17)11-16(19)21-4/h5-6,9,13-14,17H,7-8,10-11H2,1-4H3/b6-5+,12-9+/t13-,14+/m0/s1. The summed E-state index contributed by atoms with van der Waals surface area (Å²) in [7, 11) is 2.68. The van der Waals surface area contributed by atoms with Crippen LogP contribution in [0.4, 0.5) is 0 Å². The molecule has 0 aromatic heterocycles. The number of allylic oxidation sites excluding steroid dienone is 3. The Hall–Kier alpha value is -1.62. The summed E-state index contributed by atoms with van der Waals surface area (Å²) in [6, 6.07) is 0. The van der Waals surface area contributed by atoms with Crippen LogP contribution >= 0.6 is 0 Å². The largest absolute Gasteiger partial charge is 0.469 e. The molecule has 0 saturated carbocycles. The molecule has 5 nitrogen and oxygen atoms in total. The molecule has 0 amide bonds. The van der Waals surface area contributed by atoms with Crippen molar-refractivity contribution in [2.45, 2.75) is 45.6 Å². The number of ether oxygens (including phenoxy) is 2. The van der Waals surface area contributed by atoms with Crippen molar-refractivity contribution in [3.63, 3.8) is 0 Å². The fourth-order valence-corrected chi connectivity index (χ4v) is 1.62. The van der Waals surface area contributed by atoms with Gasteiger partial charge in [0.05, 0.1) is 33.2 Å². The summed E-state index contributed by atoms with van der Waals surface area (Å²) in [4.78, 5) is 22.0. The van der Waals surface area contributed by atoms with Crippen molar-refractivity contribution in [2.24, 2.45) is 5.92 Å². The SMILES string of the molecule is COC(=O)C/C=C(\C)C/C=C/C[C@H](C)[C@H](O)CC(=O)OC. The summed E-state index contributed by atoms with van der Waals surface area (Å²) < 4.78 is 9.08. The Morgan fingerprint density at radius 1 is 1.10 bits per heavy atom. The summed E-state index contributed by atoms with van der Waals surface area (Å²) in [5.41, 5.74) is 1.08. The van der Waals surface area contributed by atoms with Gasteiger partial charge in [-0.1, -0.05) is 30.7 Å². The molecule has 0 fully saturated rings. The maximum absolute atomic E-state index is 11.1. The summed E-state index contributed by atoms with van der Waals surface area (Å²) in [5, 5.41) is 9.80. The van der Waals surface area contributed by atoms with E-state index in [1.807, 2.05) is 32.1 Å². The highest BCUT2D eigenvalue weighted by atomic mass is 16.5. The number of aliphatic hydroxyl groups is 1. The molecule has 1 N–H and O–H groups in total. The first-order chi connectivity index (χ1) is 9.90. The minimum atomic E-state index is -0.696. The zero-order chi connectivity index (χ0) is 16.3. The third-order valence-electron chi connectivity index (χ3n) is 3.22. The van der Waals surface area contributed by atoms with E-state index in [1.54, 1.807) is 0 Å². The van der Waals surface area contributed by atoms with E-state index in [9.17, 15) is 14.7 Å². The highest BCUT2D eigenvalue weighted by molar-refractivity contribution is 5.71. The molecule has 0 aliphatic rings. The molecule has 21 heavy (non-hydrogen) atoms. The lowest BCUT2D eigenvalue weighted by atomic mass is 9.98. The van der Waals surface area contributed by atoms with E-state index < -0.39 is 12.1 Å². The Morgan fingerprint density at radius 2 is 1.71 bits per heavy atom. The van der Waals surface area contributed by atoms with Crippen LogP contribution in [-0.2, 0) is 19.1 Å². The van der Waals surface area contributed by atoms with Gasteiger partial charge in [0.1, 0.15) is 0 Å². The fourth-order valence-electron chi connectivity index (χ4n) is 1.62. The third-order valence-corrected chi connectivity index (χ3v) is 3.22. The van der Waals surface area contributed by atoms with Gasteiger partial charge in [-0.15, -0.1) is 0 Å². The number of carbonyl (C=O) groups excluding carboxylic acids is 2. The van der Waals surface area contributed by atoms with E-state index in [0.29, 0.717) is 6.42 Å². The molecule has 0 aliphatic carbocycles. The molecule has 0 rings (SSSR count). The van der Waals surface area contributed by atoms with Gasteiger partial charge in [-0.2, -0.15) is 0 Å². The van der Waals surface area contributed by atoms with Gasteiger partial charge in [0.25, 0.3) is 0 Å². The Balaban J connectivity index is 4.04. The topological polar surface area (TPSA) is 72.8 Å². The molecule has 0 spiro atoms. The van der Waals surface area contributed by atoms with Crippen LogP contribution in [0, 0.1) is 5.92 Å². The molecular weight excluding hydrogens is 272 g/mol. The Labute approximate surface area is 126 Å². The quantitative estimate of drug-likeness (QED) is 0.522. The number of rotatable bonds is 9. The molecule has 0 heterocycles. The molecule has 0 bridgehead atoms. The predicted octanol–water partition coefficient (Wildman–Crippen LogP) is 2.39. The maximum Gasteiger partial charge on any atom is 0.309 e. The van der Waals surface area contributed by atoms with Crippen molar-refractivity contribution < 1.29 is 24.2 Å². The Bertz CT molecular complexity index is 384. The minimum Gasteiger partial charge on any atom is -0.469 e. The number of aliphatic hydroxyl groups excluding tert-OH is 1. The van der Waals surface area contributed by atoms with E-state index in [0.717, 1.165) is 12.0 Å². The van der Waals surface area contributed by atoms with E-state index in [1.165, 1.54) is 14.2 Å². The number of hydrogen-bond donors (Lipinski definition) is 1. The molecule has 0 unspecified atom stereocenters. The van der Waals surface area contributed by atoms with Gasteiger partial charge < -0.3 is 14.6 Å². The van der Waals surface area contributed by atoms with E-state index >= 15 is 0 Å². The number of esters is 2. The molecule has 0 aliphatic heterocycles. The van der Waals surface area contributed by atoms with Gasteiger partial charge >= 0.3 is 11.9 Å². The highest BCUT2D eigenvalue weighted by Crippen LogP contribution is 2.13. The zero-order valence-corrected chi connectivity index (χ0v) is 13.3. The summed E-state index contributed by atoms with van der Waals surface area (Å²) in [6.45, 7) is 3.83. The highest BCUT2D eigenvalue weighted by Gasteiger charge is 2.17. The normalized spacial score (nSPS) is 14.8. The Morgan fingerprint density at radius 3 is 2.29 bits per heavy atom. The van der Waals surface area contributed by atoms with Crippen molar-refractivity contribution in [2.75, 3.05) is 14.2 Å². The fraction of sp³-hybridized carbons (Fsp3) is 0.625. The predicted molar refractivity (Wildman–Crippen MR) is 80.6 cm³/mol.